The molecule has 0 N–H and O–H groups in total. The maximum absolute atomic E-state index is 13.4. The van der Waals surface area contributed by atoms with E-state index in [1.807, 2.05) is 0 Å². The van der Waals surface area contributed by atoms with Gasteiger partial charge in [-0.3, -0.25) is 33.6 Å². The second-order valence-corrected chi connectivity index (χ2v) is 23.5. The SMILES string of the molecule is CC(CCCOC(=O)C1CCC(C(=O)OC2CCC(C(C)(C)C3CCC(OC(=O)C4CCC(C(=O)OCC5CO5)CC4)CC3)CC2)CC1)(COC(=O)C1CCC(C(=O)OCC2CO2)CC1)C(=O)OCC1CO1. The van der Waals surface area contributed by atoms with Gasteiger partial charge in [0.05, 0.1) is 67.3 Å². The first-order valence-electron chi connectivity index (χ1n) is 27.7. The van der Waals surface area contributed by atoms with E-state index in [1.165, 1.54) is 0 Å². The van der Waals surface area contributed by atoms with Crippen molar-refractivity contribution in [3.8, 4) is 0 Å². The van der Waals surface area contributed by atoms with Crippen LogP contribution in [-0.4, -0.2) is 125 Å². The molecule has 404 valence electrons. The first-order chi connectivity index (χ1) is 34.6. The van der Waals surface area contributed by atoms with Gasteiger partial charge in [-0.2, -0.15) is 0 Å². The number of carbonyl (C=O) groups excluding carboxylic acids is 7. The molecule has 17 nitrogen and oxygen atoms in total. The first-order valence-corrected chi connectivity index (χ1v) is 27.7. The van der Waals surface area contributed by atoms with Crippen LogP contribution in [0.4, 0.5) is 0 Å². The molecule has 0 amide bonds. The lowest BCUT2D eigenvalue weighted by molar-refractivity contribution is -0.167. The Morgan fingerprint density at radius 3 is 1.08 bits per heavy atom. The van der Waals surface area contributed by atoms with Crippen LogP contribution in [0.15, 0.2) is 0 Å². The second-order valence-electron chi connectivity index (χ2n) is 23.5. The lowest BCUT2D eigenvalue weighted by Crippen LogP contribution is -2.40. The van der Waals surface area contributed by atoms with Crippen LogP contribution in [0.2, 0.25) is 0 Å². The molecule has 0 spiro atoms. The molecule has 8 fully saturated rings. The van der Waals surface area contributed by atoms with E-state index in [2.05, 4.69) is 13.8 Å². The van der Waals surface area contributed by atoms with E-state index in [-0.39, 0.29) is 134 Å². The van der Waals surface area contributed by atoms with E-state index in [4.69, 9.17) is 47.4 Å². The third kappa shape index (κ3) is 15.6. The van der Waals surface area contributed by atoms with Crippen molar-refractivity contribution in [1.82, 2.24) is 0 Å². The Hall–Kier alpha value is -3.83. The molecule has 3 aliphatic heterocycles. The van der Waals surface area contributed by atoms with Gasteiger partial charge in [0.15, 0.2) is 0 Å². The molecule has 8 aliphatic rings. The molecule has 0 radical (unpaired) electrons. The standard InChI is InChI=1S/C55H82O17/c1-54(2,41-19-23-43(24-20-41)72-52(61)39-15-11-36(12-16-39)49(58)68-31-45-28-65-45)40-17-21-42(22-18-40)71-51(60)38-13-9-34(10-14-38)47(56)63-26-4-25-55(3,53(62)69-32-46-29-66-46)33-70-50(59)37-7-5-35(6-8-37)48(57)67-30-44-27-64-44/h34-46H,4-33H2,1-3H3. The molecule has 0 aromatic carbocycles. The van der Waals surface area contributed by atoms with E-state index in [0.717, 1.165) is 51.4 Å². The van der Waals surface area contributed by atoms with Crippen molar-refractivity contribution in [2.24, 2.45) is 58.2 Å². The summed E-state index contributed by atoms with van der Waals surface area (Å²) in [6, 6.07) is 0. The molecule has 3 saturated heterocycles. The van der Waals surface area contributed by atoms with Gasteiger partial charge in [0.25, 0.3) is 0 Å². The summed E-state index contributed by atoms with van der Waals surface area (Å²) in [5, 5.41) is 0. The van der Waals surface area contributed by atoms with Crippen molar-refractivity contribution in [3.63, 3.8) is 0 Å². The van der Waals surface area contributed by atoms with E-state index in [9.17, 15) is 33.6 Å². The minimum absolute atomic E-state index is 0.00205. The fourth-order valence-electron chi connectivity index (χ4n) is 12.2. The molecule has 5 aliphatic carbocycles. The highest BCUT2D eigenvalue weighted by molar-refractivity contribution is 5.79. The molecule has 72 heavy (non-hydrogen) atoms. The lowest BCUT2D eigenvalue weighted by Gasteiger charge is -2.46. The van der Waals surface area contributed by atoms with Crippen LogP contribution >= 0.6 is 0 Å². The topological polar surface area (TPSA) is 222 Å². The molecule has 5 saturated carbocycles. The van der Waals surface area contributed by atoms with Gasteiger partial charge >= 0.3 is 41.8 Å². The van der Waals surface area contributed by atoms with E-state index < -0.39 is 17.4 Å². The van der Waals surface area contributed by atoms with Crippen LogP contribution in [-0.2, 0) is 80.9 Å². The van der Waals surface area contributed by atoms with Crippen LogP contribution in [0.25, 0.3) is 0 Å². The van der Waals surface area contributed by atoms with Crippen LogP contribution in [0.5, 0.6) is 0 Å². The number of hydrogen-bond donors (Lipinski definition) is 0. The van der Waals surface area contributed by atoms with Crippen molar-refractivity contribution in [1.29, 1.82) is 0 Å². The Kier molecular flexibility index (Phi) is 19.0. The molecule has 17 heteroatoms. The Bertz CT molecular complexity index is 1850. The molecule has 3 heterocycles. The van der Waals surface area contributed by atoms with Gasteiger partial charge < -0.3 is 47.4 Å². The van der Waals surface area contributed by atoms with Crippen molar-refractivity contribution in [2.45, 2.75) is 193 Å². The number of hydrogen-bond acceptors (Lipinski definition) is 17. The van der Waals surface area contributed by atoms with Gasteiger partial charge in [-0.1, -0.05) is 13.8 Å². The minimum atomic E-state index is -1.16. The second kappa shape index (κ2) is 25.1. The van der Waals surface area contributed by atoms with Crippen LogP contribution in [0.3, 0.4) is 0 Å². The van der Waals surface area contributed by atoms with Gasteiger partial charge in [-0.15, -0.1) is 0 Å². The summed E-state index contributed by atoms with van der Waals surface area (Å²) < 4.78 is 55.3. The van der Waals surface area contributed by atoms with Gasteiger partial charge in [0.1, 0.15) is 56.9 Å². The fraction of sp³-hybridized carbons (Fsp3) is 0.873. The van der Waals surface area contributed by atoms with E-state index >= 15 is 0 Å². The van der Waals surface area contributed by atoms with Crippen molar-refractivity contribution in [3.05, 3.63) is 0 Å². The average Bonchev–Trinajstić information content (AvgIpc) is 4.24. The molecule has 0 aromatic heterocycles. The van der Waals surface area contributed by atoms with Crippen molar-refractivity contribution >= 4 is 41.8 Å². The van der Waals surface area contributed by atoms with E-state index in [1.54, 1.807) is 6.92 Å². The molecular weight excluding hydrogens is 933 g/mol. The largest absolute Gasteiger partial charge is 0.465 e. The smallest absolute Gasteiger partial charge is 0.315 e. The Labute approximate surface area is 425 Å². The summed E-state index contributed by atoms with van der Waals surface area (Å²) in [6.07, 6.45) is 14.8. The predicted molar refractivity (Wildman–Crippen MR) is 255 cm³/mol. The van der Waals surface area contributed by atoms with Crippen LogP contribution in [0, 0.1) is 58.2 Å². The highest BCUT2D eigenvalue weighted by Gasteiger charge is 2.44. The third-order valence-corrected chi connectivity index (χ3v) is 17.8. The zero-order valence-electron chi connectivity index (χ0n) is 43.2. The van der Waals surface area contributed by atoms with E-state index in [0.29, 0.717) is 122 Å². The highest BCUT2D eigenvalue weighted by atomic mass is 16.6. The summed E-state index contributed by atoms with van der Waals surface area (Å²) in [5.74, 6) is -2.36. The highest BCUT2D eigenvalue weighted by Crippen LogP contribution is 2.49. The molecule has 4 atom stereocenters. The Morgan fingerprint density at radius 2 is 0.722 bits per heavy atom. The van der Waals surface area contributed by atoms with Crippen molar-refractivity contribution in [2.75, 3.05) is 52.9 Å². The number of esters is 7. The van der Waals surface area contributed by atoms with Crippen molar-refractivity contribution < 1.29 is 80.9 Å². The normalized spacial score (nSPS) is 34.2. The summed E-state index contributed by atoms with van der Waals surface area (Å²) in [6.45, 7) is 8.88. The van der Waals surface area contributed by atoms with Crippen LogP contribution in [0.1, 0.15) is 162 Å². The van der Waals surface area contributed by atoms with Gasteiger partial charge in [0.2, 0.25) is 0 Å². The molecular formula is C55H82O17. The zero-order valence-corrected chi connectivity index (χ0v) is 43.2. The minimum Gasteiger partial charge on any atom is -0.465 e. The summed E-state index contributed by atoms with van der Waals surface area (Å²) in [5.41, 5.74) is -1.04. The quantitative estimate of drug-likeness (QED) is 0.0423. The molecule has 0 aromatic rings. The molecule has 8 rings (SSSR count). The molecule has 4 unspecified atom stereocenters. The molecule has 0 bridgehead atoms. The number of carbonyl (C=O) groups is 7. The van der Waals surface area contributed by atoms with Gasteiger partial charge in [0, 0.05) is 0 Å². The van der Waals surface area contributed by atoms with Gasteiger partial charge in [-0.25, -0.2) is 0 Å². The predicted octanol–water partition coefficient (Wildman–Crippen LogP) is 7.33. The van der Waals surface area contributed by atoms with Crippen LogP contribution < -0.4 is 0 Å². The Morgan fingerprint density at radius 1 is 0.403 bits per heavy atom. The fourth-order valence-corrected chi connectivity index (χ4v) is 12.2. The lowest BCUT2D eigenvalue weighted by atomic mass is 9.60. The Balaban J connectivity index is 0.679. The number of ether oxygens (including phenoxy) is 10. The zero-order chi connectivity index (χ0) is 50.8. The summed E-state index contributed by atoms with van der Waals surface area (Å²) >= 11 is 0. The maximum atomic E-state index is 13.4. The average molecular weight is 1020 g/mol. The summed E-state index contributed by atoms with van der Waals surface area (Å²) in [4.78, 5) is 91.0. The summed E-state index contributed by atoms with van der Waals surface area (Å²) in [7, 11) is 0. The number of rotatable bonds is 23. The number of epoxide rings is 3. The van der Waals surface area contributed by atoms with Gasteiger partial charge in [-0.05, 0) is 165 Å². The maximum Gasteiger partial charge on any atom is 0.315 e. The monoisotopic (exact) mass is 1010 g/mol. The third-order valence-electron chi connectivity index (χ3n) is 17.8. The first kappa shape index (κ1) is 54.4.